The molecule has 3 aromatic heterocycles. The van der Waals surface area contributed by atoms with Gasteiger partial charge in [-0.05, 0) is 44.9 Å². The smallest absolute Gasteiger partial charge is 0.222 e. The maximum absolute atomic E-state index is 12.5. The summed E-state index contributed by atoms with van der Waals surface area (Å²) in [6, 6.07) is 3.77. The van der Waals surface area contributed by atoms with Gasteiger partial charge < -0.3 is 10.2 Å². The number of carbonyl (C=O) groups excluding carboxylic acids is 1. The first-order chi connectivity index (χ1) is 13.0. The van der Waals surface area contributed by atoms with Crippen LogP contribution in [0.25, 0.3) is 11.5 Å². The lowest BCUT2D eigenvalue weighted by Crippen LogP contribution is -2.46. The Balaban J connectivity index is 1.55. The molecule has 4 heterocycles. The Labute approximate surface area is 157 Å². The molecule has 0 bridgehead atoms. The normalized spacial score (nSPS) is 14.9. The van der Waals surface area contributed by atoms with Crippen LogP contribution < -0.4 is 5.32 Å². The Bertz CT molecular complexity index is 983. The summed E-state index contributed by atoms with van der Waals surface area (Å²) in [5.74, 6) is 1.66. The van der Waals surface area contributed by atoms with Gasteiger partial charge in [0, 0.05) is 38.3 Å². The van der Waals surface area contributed by atoms with Crippen molar-refractivity contribution in [3.8, 4) is 5.82 Å². The van der Waals surface area contributed by atoms with E-state index in [0.717, 1.165) is 49.0 Å². The van der Waals surface area contributed by atoms with E-state index in [-0.39, 0.29) is 5.91 Å². The summed E-state index contributed by atoms with van der Waals surface area (Å²) in [5.41, 5.74) is 3.77. The molecule has 1 aliphatic rings. The van der Waals surface area contributed by atoms with Crippen LogP contribution in [0, 0.1) is 20.8 Å². The molecule has 0 spiro atoms. The second kappa shape index (κ2) is 7.07. The van der Waals surface area contributed by atoms with Gasteiger partial charge in [-0.2, -0.15) is 9.61 Å². The first-order valence-electron chi connectivity index (χ1n) is 9.27. The average molecular weight is 368 g/mol. The number of carbonyl (C=O) groups is 1. The average Bonchev–Trinajstić information content (AvgIpc) is 3.20. The molecule has 1 amide bonds. The molecule has 1 saturated heterocycles. The zero-order chi connectivity index (χ0) is 19.0. The van der Waals surface area contributed by atoms with Crippen LogP contribution >= 0.6 is 0 Å². The minimum absolute atomic E-state index is 0.211. The molecule has 9 nitrogen and oxygen atoms in total. The molecule has 3 aromatic rings. The van der Waals surface area contributed by atoms with Crippen LogP contribution in [-0.4, -0.2) is 66.6 Å². The molecular weight excluding hydrogens is 344 g/mol. The maximum Gasteiger partial charge on any atom is 0.222 e. The van der Waals surface area contributed by atoms with Gasteiger partial charge in [-0.1, -0.05) is 0 Å². The second-order valence-corrected chi connectivity index (χ2v) is 6.90. The molecule has 0 unspecified atom stereocenters. The molecule has 9 heteroatoms. The van der Waals surface area contributed by atoms with Gasteiger partial charge in [0.05, 0.1) is 5.69 Å². The molecule has 0 saturated carbocycles. The molecular formula is C18H24N8O. The van der Waals surface area contributed by atoms with Crippen molar-refractivity contribution < 1.29 is 4.79 Å². The molecule has 1 aliphatic heterocycles. The van der Waals surface area contributed by atoms with E-state index < -0.39 is 0 Å². The lowest BCUT2D eigenvalue weighted by atomic mass is 10.1. The first kappa shape index (κ1) is 17.6. The van der Waals surface area contributed by atoms with Crippen molar-refractivity contribution in [3.63, 3.8) is 0 Å². The van der Waals surface area contributed by atoms with E-state index in [4.69, 9.17) is 0 Å². The van der Waals surface area contributed by atoms with Crippen molar-refractivity contribution in [3.05, 3.63) is 34.9 Å². The fourth-order valence-electron chi connectivity index (χ4n) is 3.56. The van der Waals surface area contributed by atoms with E-state index in [0.29, 0.717) is 24.3 Å². The third kappa shape index (κ3) is 3.30. The summed E-state index contributed by atoms with van der Waals surface area (Å²) in [4.78, 5) is 14.4. The minimum atomic E-state index is 0.211. The lowest BCUT2D eigenvalue weighted by Gasteiger charge is -2.27. The van der Waals surface area contributed by atoms with Crippen molar-refractivity contribution in [2.75, 3.05) is 26.2 Å². The monoisotopic (exact) mass is 368 g/mol. The number of amides is 1. The van der Waals surface area contributed by atoms with E-state index in [9.17, 15) is 4.79 Å². The molecule has 4 rings (SSSR count). The van der Waals surface area contributed by atoms with E-state index in [1.165, 1.54) is 0 Å². The highest BCUT2D eigenvalue weighted by molar-refractivity contribution is 5.76. The van der Waals surface area contributed by atoms with Crippen LogP contribution in [0.3, 0.4) is 0 Å². The predicted molar refractivity (Wildman–Crippen MR) is 99.9 cm³/mol. The van der Waals surface area contributed by atoms with Gasteiger partial charge in [0.15, 0.2) is 17.3 Å². The molecule has 1 N–H and O–H groups in total. The fourth-order valence-corrected chi connectivity index (χ4v) is 3.56. The van der Waals surface area contributed by atoms with Crippen LogP contribution in [-0.2, 0) is 11.2 Å². The Hall–Kier alpha value is -2.81. The quantitative estimate of drug-likeness (QED) is 0.725. The molecule has 142 valence electrons. The van der Waals surface area contributed by atoms with E-state index in [2.05, 4.69) is 25.7 Å². The molecule has 0 aromatic carbocycles. The van der Waals surface area contributed by atoms with E-state index >= 15 is 0 Å². The highest BCUT2D eigenvalue weighted by Gasteiger charge is 2.19. The molecule has 27 heavy (non-hydrogen) atoms. The third-order valence-corrected chi connectivity index (χ3v) is 5.12. The fraction of sp³-hybridized carbons (Fsp3) is 0.500. The Morgan fingerprint density at radius 3 is 2.67 bits per heavy atom. The van der Waals surface area contributed by atoms with Gasteiger partial charge in [-0.15, -0.1) is 15.3 Å². The number of aryl methyl sites for hydroxylation is 2. The Morgan fingerprint density at radius 2 is 1.89 bits per heavy atom. The summed E-state index contributed by atoms with van der Waals surface area (Å²) in [5, 5.41) is 20.6. The number of fused-ring (bicyclic) bond motifs is 1. The van der Waals surface area contributed by atoms with Gasteiger partial charge in [0.2, 0.25) is 5.91 Å². The largest absolute Gasteiger partial charge is 0.340 e. The summed E-state index contributed by atoms with van der Waals surface area (Å²) < 4.78 is 3.54. The minimum Gasteiger partial charge on any atom is -0.340 e. The zero-order valence-electron chi connectivity index (χ0n) is 15.9. The second-order valence-electron chi connectivity index (χ2n) is 6.90. The van der Waals surface area contributed by atoms with Crippen LogP contribution in [0.2, 0.25) is 0 Å². The van der Waals surface area contributed by atoms with Gasteiger partial charge in [-0.3, -0.25) is 4.79 Å². The first-order valence-corrected chi connectivity index (χ1v) is 9.27. The topological polar surface area (TPSA) is 93.2 Å². The highest BCUT2D eigenvalue weighted by Crippen LogP contribution is 2.19. The summed E-state index contributed by atoms with van der Waals surface area (Å²) >= 11 is 0. The van der Waals surface area contributed by atoms with Crippen molar-refractivity contribution >= 4 is 11.6 Å². The zero-order valence-corrected chi connectivity index (χ0v) is 15.9. The number of hydrogen-bond donors (Lipinski definition) is 1. The summed E-state index contributed by atoms with van der Waals surface area (Å²) in [6.07, 6.45) is 1.19. The third-order valence-electron chi connectivity index (χ3n) is 5.12. The molecule has 0 aliphatic carbocycles. The number of hydrogen-bond acceptors (Lipinski definition) is 6. The van der Waals surface area contributed by atoms with Gasteiger partial charge >= 0.3 is 0 Å². The summed E-state index contributed by atoms with van der Waals surface area (Å²) in [6.45, 7) is 9.20. The van der Waals surface area contributed by atoms with Gasteiger partial charge in [0.25, 0.3) is 0 Å². The van der Waals surface area contributed by atoms with Gasteiger partial charge in [0.1, 0.15) is 0 Å². The Morgan fingerprint density at radius 1 is 1.11 bits per heavy atom. The van der Waals surface area contributed by atoms with Crippen LogP contribution in [0.1, 0.15) is 29.2 Å². The van der Waals surface area contributed by atoms with Gasteiger partial charge in [-0.25, -0.2) is 4.68 Å². The predicted octanol–water partition coefficient (Wildman–Crippen LogP) is 0.600. The SMILES string of the molecule is Cc1nn(-c2ccc3nnc(C)n3n2)c(C)c1CCC(=O)N1CCNCC1. The van der Waals surface area contributed by atoms with Crippen molar-refractivity contribution in [1.29, 1.82) is 0 Å². The van der Waals surface area contributed by atoms with E-state index in [1.54, 1.807) is 4.52 Å². The van der Waals surface area contributed by atoms with Crippen molar-refractivity contribution in [1.82, 2.24) is 39.8 Å². The number of aromatic nitrogens is 6. The number of rotatable bonds is 4. The molecule has 1 fully saturated rings. The Kier molecular flexibility index (Phi) is 4.61. The number of piperazine rings is 1. The van der Waals surface area contributed by atoms with Crippen LogP contribution in [0.5, 0.6) is 0 Å². The lowest BCUT2D eigenvalue weighted by molar-refractivity contribution is -0.131. The molecule has 0 atom stereocenters. The van der Waals surface area contributed by atoms with Crippen LogP contribution in [0.4, 0.5) is 0 Å². The highest BCUT2D eigenvalue weighted by atomic mass is 16.2. The summed E-state index contributed by atoms with van der Waals surface area (Å²) in [7, 11) is 0. The molecule has 0 radical (unpaired) electrons. The van der Waals surface area contributed by atoms with Crippen molar-refractivity contribution in [2.24, 2.45) is 0 Å². The number of nitrogens with one attached hydrogen (secondary N) is 1. The number of nitrogens with zero attached hydrogens (tertiary/aromatic N) is 7. The van der Waals surface area contributed by atoms with E-state index in [1.807, 2.05) is 42.5 Å². The maximum atomic E-state index is 12.5. The van der Waals surface area contributed by atoms with Crippen LogP contribution in [0.15, 0.2) is 12.1 Å². The standard InChI is InChI=1S/C18H24N8O/c1-12-15(4-7-18(27)24-10-8-19-9-11-24)13(2)25(22-12)17-6-5-16-21-20-14(3)26(16)23-17/h5-6,19H,4,7-11H2,1-3H3. The van der Waals surface area contributed by atoms with Crippen molar-refractivity contribution in [2.45, 2.75) is 33.6 Å².